The van der Waals surface area contributed by atoms with E-state index in [4.69, 9.17) is 19.7 Å². The molecule has 8 nitrogen and oxygen atoms in total. The van der Waals surface area contributed by atoms with Gasteiger partial charge in [-0.1, -0.05) is 60.7 Å². The number of carbonyl (C=O) groups excluding carboxylic acids is 2. The van der Waals surface area contributed by atoms with E-state index in [1.165, 1.54) is 0 Å². The van der Waals surface area contributed by atoms with Crippen molar-refractivity contribution in [2.45, 2.75) is 25.4 Å². The van der Waals surface area contributed by atoms with Gasteiger partial charge in [-0.3, -0.25) is 0 Å². The SMILES string of the molecule is O=C([O-])[C@@H](O)COCc1ccccc1.O=C([O-])[C@@H](O)COCc1ccccc1.[Ca+2]. The van der Waals surface area contributed by atoms with Crippen LogP contribution < -0.4 is 10.2 Å². The number of aliphatic hydroxyl groups is 2. The fraction of sp³-hybridized carbons (Fsp3) is 0.300. The van der Waals surface area contributed by atoms with Crippen LogP contribution in [0.15, 0.2) is 60.7 Å². The fourth-order valence-electron chi connectivity index (χ4n) is 1.86. The van der Waals surface area contributed by atoms with E-state index in [0.717, 1.165) is 11.1 Å². The molecule has 9 heteroatoms. The molecule has 152 valence electrons. The molecule has 0 radical (unpaired) electrons. The van der Waals surface area contributed by atoms with Crippen molar-refractivity contribution in [3.63, 3.8) is 0 Å². The van der Waals surface area contributed by atoms with Gasteiger partial charge in [0, 0.05) is 0 Å². The Morgan fingerprint density at radius 2 is 1.03 bits per heavy atom. The molecule has 2 N–H and O–H groups in total. The Labute approximate surface area is 198 Å². The van der Waals surface area contributed by atoms with E-state index in [1.807, 2.05) is 60.7 Å². The largest absolute Gasteiger partial charge is 2.00 e. The van der Waals surface area contributed by atoms with Gasteiger partial charge < -0.3 is 39.5 Å². The minimum Gasteiger partial charge on any atom is -0.547 e. The first-order valence-electron chi connectivity index (χ1n) is 8.41. The Bertz CT molecular complexity index is 635. The summed E-state index contributed by atoms with van der Waals surface area (Å²) >= 11 is 0. The van der Waals surface area contributed by atoms with Crippen LogP contribution in [-0.2, 0) is 32.3 Å². The summed E-state index contributed by atoms with van der Waals surface area (Å²) in [7, 11) is 0. The summed E-state index contributed by atoms with van der Waals surface area (Å²) in [5.74, 6) is -3.03. The molecule has 0 aliphatic heterocycles. The predicted molar refractivity (Wildman–Crippen MR) is 100.0 cm³/mol. The molecule has 0 saturated carbocycles. The Hall–Kier alpha value is -1.52. The van der Waals surface area contributed by atoms with E-state index < -0.39 is 24.1 Å². The average Bonchev–Trinajstić information content (AvgIpc) is 2.70. The van der Waals surface area contributed by atoms with Gasteiger partial charge in [-0.05, 0) is 11.1 Å². The van der Waals surface area contributed by atoms with Crippen LogP contribution in [0, 0.1) is 0 Å². The number of aliphatic hydroxyl groups excluding tert-OH is 2. The van der Waals surface area contributed by atoms with Crippen molar-refractivity contribution in [3.05, 3.63) is 71.8 Å². The molecule has 29 heavy (non-hydrogen) atoms. The van der Waals surface area contributed by atoms with Gasteiger partial charge in [-0.2, -0.15) is 0 Å². The second-order valence-corrected chi connectivity index (χ2v) is 5.67. The number of hydrogen-bond donors (Lipinski definition) is 2. The number of carboxylic acid groups (broad SMARTS) is 2. The molecule has 2 rings (SSSR count). The van der Waals surface area contributed by atoms with Gasteiger partial charge in [0.05, 0.1) is 38.4 Å². The third-order valence-corrected chi connectivity index (χ3v) is 3.32. The van der Waals surface area contributed by atoms with Crippen molar-refractivity contribution in [1.82, 2.24) is 0 Å². The number of carbonyl (C=O) groups is 2. The molecule has 0 saturated heterocycles. The standard InChI is InChI=1S/2C10H12O4.Ca/c2*11-9(10(12)13)7-14-6-8-4-2-1-3-5-8;/h2*1-5,9,11H,6-7H2,(H,12,13);/q;;+2/p-2/t2*9-;/m00./s1. The van der Waals surface area contributed by atoms with Gasteiger partial charge in [-0.15, -0.1) is 0 Å². The molecule has 0 spiro atoms. The van der Waals surface area contributed by atoms with E-state index in [1.54, 1.807) is 0 Å². The van der Waals surface area contributed by atoms with Crippen LogP contribution in [0.4, 0.5) is 0 Å². The zero-order chi connectivity index (χ0) is 20.8. The van der Waals surface area contributed by atoms with E-state index in [2.05, 4.69) is 0 Å². The summed E-state index contributed by atoms with van der Waals surface area (Å²) in [6.07, 6.45) is -3.11. The van der Waals surface area contributed by atoms with Crippen LogP contribution in [0.2, 0.25) is 0 Å². The van der Waals surface area contributed by atoms with Crippen LogP contribution in [-0.4, -0.2) is 85.3 Å². The fourth-order valence-corrected chi connectivity index (χ4v) is 1.86. The van der Waals surface area contributed by atoms with Crippen LogP contribution in [0.3, 0.4) is 0 Å². The number of carboxylic acids is 2. The maximum atomic E-state index is 10.1. The van der Waals surface area contributed by atoms with Gasteiger partial charge in [0.1, 0.15) is 12.2 Å². The molecule has 0 fully saturated rings. The Morgan fingerprint density at radius 3 is 1.31 bits per heavy atom. The average molecular weight is 430 g/mol. The first-order valence-corrected chi connectivity index (χ1v) is 8.41. The Balaban J connectivity index is 0.000000523. The zero-order valence-corrected chi connectivity index (χ0v) is 18.0. The van der Waals surface area contributed by atoms with Crippen LogP contribution in [0.5, 0.6) is 0 Å². The van der Waals surface area contributed by atoms with Crippen LogP contribution in [0.1, 0.15) is 11.1 Å². The van der Waals surface area contributed by atoms with Crippen molar-refractivity contribution in [2.24, 2.45) is 0 Å². The monoisotopic (exact) mass is 430 g/mol. The third kappa shape index (κ3) is 13.3. The van der Waals surface area contributed by atoms with E-state index in [9.17, 15) is 19.8 Å². The molecule has 0 unspecified atom stereocenters. The van der Waals surface area contributed by atoms with Gasteiger partial charge in [0.2, 0.25) is 0 Å². The number of aliphatic carboxylic acids is 2. The first kappa shape index (κ1) is 27.5. The molecule has 2 atom stereocenters. The quantitative estimate of drug-likeness (QED) is 0.423. The van der Waals surface area contributed by atoms with E-state index in [-0.39, 0.29) is 64.2 Å². The zero-order valence-electron chi connectivity index (χ0n) is 15.8. The summed E-state index contributed by atoms with van der Waals surface area (Å²) in [6, 6.07) is 18.6. The van der Waals surface area contributed by atoms with Gasteiger partial charge in [0.15, 0.2) is 0 Å². The number of ether oxygens (including phenoxy) is 2. The number of hydrogen-bond acceptors (Lipinski definition) is 8. The predicted octanol–water partition coefficient (Wildman–Crippen LogP) is -1.75. The van der Waals surface area contributed by atoms with Crippen molar-refractivity contribution in [1.29, 1.82) is 0 Å². The summed E-state index contributed by atoms with van der Waals surface area (Å²) in [6.45, 7) is 0.0603. The van der Waals surface area contributed by atoms with Gasteiger partial charge >= 0.3 is 37.7 Å². The second kappa shape index (κ2) is 16.3. The third-order valence-electron chi connectivity index (χ3n) is 3.32. The summed E-state index contributed by atoms with van der Waals surface area (Å²) < 4.78 is 9.94. The van der Waals surface area contributed by atoms with Gasteiger partial charge in [-0.25, -0.2) is 0 Å². The Kier molecular flexibility index (Phi) is 15.4. The molecule has 0 aliphatic rings. The first-order chi connectivity index (χ1) is 13.4. The topological polar surface area (TPSA) is 139 Å². The van der Waals surface area contributed by atoms with Gasteiger partial charge in [0.25, 0.3) is 0 Å². The summed E-state index contributed by atoms with van der Waals surface area (Å²) in [5, 5.41) is 37.8. The van der Waals surface area contributed by atoms with Crippen LogP contribution >= 0.6 is 0 Å². The van der Waals surface area contributed by atoms with Crippen molar-refractivity contribution in [2.75, 3.05) is 13.2 Å². The minimum absolute atomic E-state index is 0. The second-order valence-electron chi connectivity index (χ2n) is 5.67. The van der Waals surface area contributed by atoms with E-state index >= 15 is 0 Å². The molecular weight excluding hydrogens is 408 g/mol. The molecule has 0 amide bonds. The number of benzene rings is 2. The maximum Gasteiger partial charge on any atom is 2.00 e. The molecule has 2 aromatic rings. The van der Waals surface area contributed by atoms with Crippen molar-refractivity contribution < 1.29 is 39.5 Å². The number of rotatable bonds is 10. The molecular formula is C20H22CaO8. The van der Waals surface area contributed by atoms with E-state index in [0.29, 0.717) is 0 Å². The maximum absolute atomic E-state index is 10.1. The molecule has 0 aliphatic carbocycles. The molecule has 0 aromatic heterocycles. The summed E-state index contributed by atoms with van der Waals surface area (Å²) in [5.41, 5.74) is 1.86. The normalized spacial score (nSPS) is 11.9. The van der Waals surface area contributed by atoms with Crippen molar-refractivity contribution >= 4 is 49.7 Å². The Morgan fingerprint density at radius 1 is 0.724 bits per heavy atom. The smallest absolute Gasteiger partial charge is 0.547 e. The van der Waals surface area contributed by atoms with Crippen molar-refractivity contribution in [3.8, 4) is 0 Å². The molecule has 0 heterocycles. The molecule has 2 aromatic carbocycles. The molecule has 0 bridgehead atoms. The summed E-state index contributed by atoms with van der Waals surface area (Å²) in [4.78, 5) is 20.2. The minimum atomic E-state index is -1.56. The van der Waals surface area contributed by atoms with Crippen LogP contribution in [0.25, 0.3) is 0 Å².